The van der Waals surface area contributed by atoms with Gasteiger partial charge in [0.15, 0.2) is 0 Å². The molecule has 0 aliphatic heterocycles. The van der Waals surface area contributed by atoms with Gasteiger partial charge in [0, 0.05) is 31.4 Å². The quantitative estimate of drug-likeness (QED) is 0.723. The highest BCUT2D eigenvalue weighted by molar-refractivity contribution is 5.66. The lowest BCUT2D eigenvalue weighted by atomic mass is 10.2. The molecular weight excluding hydrogens is 182 g/mol. The van der Waals surface area contributed by atoms with Crippen LogP contribution in [0.3, 0.4) is 0 Å². The van der Waals surface area contributed by atoms with Crippen molar-refractivity contribution in [3.05, 3.63) is 18.0 Å². The van der Waals surface area contributed by atoms with Crippen LogP contribution in [0.15, 0.2) is 12.4 Å². The Hall–Kier alpha value is -1.36. The average molecular weight is 197 g/mol. The number of rotatable bonds is 5. The van der Waals surface area contributed by atoms with Gasteiger partial charge in [-0.25, -0.2) is 0 Å². The Labute approximate surface area is 82.7 Å². The maximum absolute atomic E-state index is 10.3. The standard InChI is InChI=1S/C9H15N3O2/c1-7(10-4-3-9(13)14)8-5-11-12(2)6-8/h5-7,10H,3-4H2,1-2H3,(H,13,14). The first-order valence-electron chi connectivity index (χ1n) is 4.53. The van der Waals surface area contributed by atoms with Crippen LogP contribution in [-0.4, -0.2) is 27.4 Å². The lowest BCUT2D eigenvalue weighted by Crippen LogP contribution is -2.21. The zero-order valence-electron chi connectivity index (χ0n) is 8.40. The molecule has 0 saturated heterocycles. The van der Waals surface area contributed by atoms with Gasteiger partial charge in [-0.1, -0.05) is 0 Å². The first-order chi connectivity index (χ1) is 6.59. The highest BCUT2D eigenvalue weighted by Crippen LogP contribution is 2.09. The van der Waals surface area contributed by atoms with Crippen LogP contribution < -0.4 is 5.32 Å². The molecule has 0 aliphatic rings. The van der Waals surface area contributed by atoms with Crippen molar-refractivity contribution in [2.24, 2.45) is 7.05 Å². The minimum Gasteiger partial charge on any atom is -0.481 e. The van der Waals surface area contributed by atoms with Crippen molar-refractivity contribution >= 4 is 5.97 Å². The lowest BCUT2D eigenvalue weighted by Gasteiger charge is -2.10. The van der Waals surface area contributed by atoms with Crippen LogP contribution in [0.5, 0.6) is 0 Å². The second-order valence-electron chi connectivity index (χ2n) is 3.27. The van der Waals surface area contributed by atoms with E-state index in [1.54, 1.807) is 10.9 Å². The summed E-state index contributed by atoms with van der Waals surface area (Å²) < 4.78 is 1.73. The van der Waals surface area contributed by atoms with Crippen LogP contribution in [0.4, 0.5) is 0 Å². The van der Waals surface area contributed by atoms with Crippen LogP contribution in [-0.2, 0) is 11.8 Å². The van der Waals surface area contributed by atoms with Gasteiger partial charge >= 0.3 is 5.97 Å². The van der Waals surface area contributed by atoms with E-state index in [1.165, 1.54) is 0 Å². The molecule has 0 aromatic carbocycles. The molecule has 0 radical (unpaired) electrons. The van der Waals surface area contributed by atoms with E-state index in [0.717, 1.165) is 5.56 Å². The van der Waals surface area contributed by atoms with E-state index in [1.807, 2.05) is 20.2 Å². The molecule has 0 saturated carbocycles. The predicted molar refractivity (Wildman–Crippen MR) is 51.9 cm³/mol. The summed E-state index contributed by atoms with van der Waals surface area (Å²) in [7, 11) is 1.85. The molecule has 0 aliphatic carbocycles. The van der Waals surface area contributed by atoms with Crippen molar-refractivity contribution in [1.29, 1.82) is 0 Å². The first kappa shape index (κ1) is 10.7. The number of aryl methyl sites for hydroxylation is 1. The van der Waals surface area contributed by atoms with E-state index in [9.17, 15) is 4.79 Å². The Morgan fingerprint density at radius 1 is 1.79 bits per heavy atom. The van der Waals surface area contributed by atoms with Gasteiger partial charge in [0.1, 0.15) is 0 Å². The third kappa shape index (κ3) is 3.18. The molecule has 2 N–H and O–H groups in total. The van der Waals surface area contributed by atoms with Gasteiger partial charge in [-0.2, -0.15) is 5.10 Å². The summed E-state index contributed by atoms with van der Waals surface area (Å²) in [4.78, 5) is 10.3. The smallest absolute Gasteiger partial charge is 0.304 e. The summed E-state index contributed by atoms with van der Waals surface area (Å²) in [6, 6.07) is 0.142. The van der Waals surface area contributed by atoms with Gasteiger partial charge in [0.05, 0.1) is 12.6 Å². The molecule has 5 heteroatoms. The van der Waals surface area contributed by atoms with E-state index in [-0.39, 0.29) is 12.5 Å². The number of carboxylic acids is 1. The van der Waals surface area contributed by atoms with Crippen molar-refractivity contribution in [2.75, 3.05) is 6.54 Å². The summed E-state index contributed by atoms with van der Waals surface area (Å²) in [5.74, 6) is -0.782. The molecule has 1 rings (SSSR count). The van der Waals surface area contributed by atoms with Crippen LogP contribution in [0.2, 0.25) is 0 Å². The van der Waals surface area contributed by atoms with E-state index in [0.29, 0.717) is 6.54 Å². The molecule has 0 spiro atoms. The van der Waals surface area contributed by atoms with Crippen LogP contribution in [0.25, 0.3) is 0 Å². The molecular formula is C9H15N3O2. The molecule has 78 valence electrons. The number of nitrogens with zero attached hydrogens (tertiary/aromatic N) is 2. The molecule has 1 atom stereocenters. The van der Waals surface area contributed by atoms with Gasteiger partial charge < -0.3 is 10.4 Å². The fourth-order valence-electron chi connectivity index (χ4n) is 1.18. The molecule has 0 bridgehead atoms. The second-order valence-corrected chi connectivity index (χ2v) is 3.27. The molecule has 1 aromatic heterocycles. The van der Waals surface area contributed by atoms with E-state index < -0.39 is 5.97 Å². The van der Waals surface area contributed by atoms with Crippen LogP contribution in [0, 0.1) is 0 Å². The SMILES string of the molecule is CC(NCCC(=O)O)c1cnn(C)c1. The summed E-state index contributed by atoms with van der Waals surface area (Å²) in [5, 5.41) is 15.6. The van der Waals surface area contributed by atoms with E-state index in [2.05, 4.69) is 10.4 Å². The fraction of sp³-hybridized carbons (Fsp3) is 0.556. The third-order valence-corrected chi connectivity index (χ3v) is 2.01. The molecule has 1 aromatic rings. The molecule has 1 unspecified atom stereocenters. The Bertz CT molecular complexity index is 309. The molecule has 0 fully saturated rings. The number of aliphatic carboxylic acids is 1. The number of hydrogen-bond acceptors (Lipinski definition) is 3. The van der Waals surface area contributed by atoms with Crippen LogP contribution in [0.1, 0.15) is 24.9 Å². The molecule has 1 heterocycles. The Morgan fingerprint density at radius 3 is 3.00 bits per heavy atom. The van der Waals surface area contributed by atoms with Gasteiger partial charge in [-0.05, 0) is 6.92 Å². The van der Waals surface area contributed by atoms with E-state index in [4.69, 9.17) is 5.11 Å². The monoisotopic (exact) mass is 197 g/mol. The number of hydrogen-bond donors (Lipinski definition) is 2. The third-order valence-electron chi connectivity index (χ3n) is 2.01. The zero-order chi connectivity index (χ0) is 10.6. The topological polar surface area (TPSA) is 67.2 Å². The lowest BCUT2D eigenvalue weighted by molar-refractivity contribution is -0.136. The van der Waals surface area contributed by atoms with Crippen LogP contribution >= 0.6 is 0 Å². The van der Waals surface area contributed by atoms with E-state index >= 15 is 0 Å². The van der Waals surface area contributed by atoms with Crippen molar-refractivity contribution in [3.63, 3.8) is 0 Å². The number of aromatic nitrogens is 2. The normalized spacial score (nSPS) is 12.7. The first-order valence-corrected chi connectivity index (χ1v) is 4.53. The van der Waals surface area contributed by atoms with Crippen molar-refractivity contribution in [3.8, 4) is 0 Å². The molecule has 5 nitrogen and oxygen atoms in total. The second kappa shape index (κ2) is 4.76. The molecule has 0 amide bonds. The zero-order valence-corrected chi connectivity index (χ0v) is 8.40. The highest BCUT2D eigenvalue weighted by Gasteiger charge is 2.06. The maximum Gasteiger partial charge on any atom is 0.304 e. The predicted octanol–water partition coefficient (Wildman–Crippen LogP) is 0.545. The minimum atomic E-state index is -0.782. The number of carbonyl (C=O) groups is 1. The number of carboxylic acid groups (broad SMARTS) is 1. The van der Waals surface area contributed by atoms with Crippen molar-refractivity contribution in [1.82, 2.24) is 15.1 Å². The minimum absolute atomic E-state index is 0.142. The summed E-state index contributed by atoms with van der Waals surface area (Å²) in [5.41, 5.74) is 1.07. The Morgan fingerprint density at radius 2 is 2.50 bits per heavy atom. The summed E-state index contributed by atoms with van der Waals surface area (Å²) >= 11 is 0. The van der Waals surface area contributed by atoms with Crippen molar-refractivity contribution < 1.29 is 9.90 Å². The van der Waals surface area contributed by atoms with Gasteiger partial charge in [-0.15, -0.1) is 0 Å². The van der Waals surface area contributed by atoms with Gasteiger partial charge in [0.25, 0.3) is 0 Å². The Balaban J connectivity index is 2.35. The maximum atomic E-state index is 10.3. The van der Waals surface area contributed by atoms with Gasteiger partial charge in [-0.3, -0.25) is 9.48 Å². The summed E-state index contributed by atoms with van der Waals surface area (Å²) in [6.45, 7) is 2.46. The number of nitrogens with one attached hydrogen (secondary N) is 1. The fourth-order valence-corrected chi connectivity index (χ4v) is 1.18. The summed E-state index contributed by atoms with van der Waals surface area (Å²) in [6.07, 6.45) is 3.83. The largest absolute Gasteiger partial charge is 0.481 e. The van der Waals surface area contributed by atoms with Crippen molar-refractivity contribution in [2.45, 2.75) is 19.4 Å². The van der Waals surface area contributed by atoms with Gasteiger partial charge in [0.2, 0.25) is 0 Å². The molecule has 14 heavy (non-hydrogen) atoms. The average Bonchev–Trinajstić information content (AvgIpc) is 2.51. The highest BCUT2D eigenvalue weighted by atomic mass is 16.4. The Kier molecular flexibility index (Phi) is 3.64.